The normalized spacial score (nSPS) is 24.1. The summed E-state index contributed by atoms with van der Waals surface area (Å²) in [5.41, 5.74) is 1.15. The number of aromatic nitrogens is 1. The Morgan fingerprint density at radius 3 is 2.70 bits per heavy atom. The van der Waals surface area contributed by atoms with Crippen LogP contribution in [-0.2, 0) is 4.74 Å². The predicted octanol–water partition coefficient (Wildman–Crippen LogP) is 3.08. The minimum absolute atomic E-state index is 0.205. The van der Waals surface area contributed by atoms with E-state index in [1.807, 2.05) is 6.92 Å². The Morgan fingerprint density at radius 1 is 1.33 bits per heavy atom. The van der Waals surface area contributed by atoms with Crippen LogP contribution in [0, 0.1) is 6.92 Å². The second kappa shape index (κ2) is 9.22. The Hall–Kier alpha value is -1.37. The lowest BCUT2D eigenvalue weighted by Gasteiger charge is -2.38. The molecule has 2 heterocycles. The monoisotopic (exact) mass is 395 g/mol. The molecule has 1 unspecified atom stereocenters. The van der Waals surface area contributed by atoms with Crippen molar-refractivity contribution in [2.24, 2.45) is 0 Å². The first-order valence-corrected chi connectivity index (χ1v) is 10.4. The number of hydrogen-bond acceptors (Lipinski definition) is 6. The zero-order valence-corrected chi connectivity index (χ0v) is 17.0. The number of ether oxygens (including phenoxy) is 1. The van der Waals surface area contributed by atoms with Crippen molar-refractivity contribution in [3.8, 4) is 0 Å². The number of esters is 1. The third kappa shape index (κ3) is 4.92. The number of pyridine rings is 1. The van der Waals surface area contributed by atoms with Gasteiger partial charge in [0, 0.05) is 30.9 Å². The van der Waals surface area contributed by atoms with Gasteiger partial charge >= 0.3 is 5.97 Å². The predicted molar refractivity (Wildman–Crippen MR) is 107 cm³/mol. The summed E-state index contributed by atoms with van der Waals surface area (Å²) < 4.78 is 5.18. The van der Waals surface area contributed by atoms with E-state index in [4.69, 9.17) is 16.3 Å². The lowest BCUT2D eigenvalue weighted by Crippen LogP contribution is -2.51. The van der Waals surface area contributed by atoms with E-state index in [9.17, 15) is 9.90 Å². The van der Waals surface area contributed by atoms with Crippen molar-refractivity contribution in [1.82, 2.24) is 10.3 Å². The van der Waals surface area contributed by atoms with Crippen LogP contribution in [0.5, 0.6) is 0 Å². The van der Waals surface area contributed by atoms with Crippen LogP contribution < -0.4 is 10.2 Å². The second-order valence-corrected chi connectivity index (χ2v) is 7.96. The average Bonchev–Trinajstić information content (AvgIpc) is 2.64. The van der Waals surface area contributed by atoms with Crippen LogP contribution >= 0.6 is 11.6 Å². The molecule has 2 aliphatic rings. The summed E-state index contributed by atoms with van der Waals surface area (Å²) in [6.07, 6.45) is 5.90. The summed E-state index contributed by atoms with van der Waals surface area (Å²) in [5.74, 6) is 0.199. The number of carbonyl (C=O) groups is 1. The van der Waals surface area contributed by atoms with Crippen LogP contribution in [0.25, 0.3) is 0 Å². The number of nitrogens with one attached hydrogen (secondary N) is 1. The van der Waals surface area contributed by atoms with Gasteiger partial charge in [0.15, 0.2) is 0 Å². The van der Waals surface area contributed by atoms with Crippen molar-refractivity contribution in [2.75, 3.05) is 24.6 Å². The molecule has 0 spiro atoms. The summed E-state index contributed by atoms with van der Waals surface area (Å²) in [4.78, 5) is 19.1. The van der Waals surface area contributed by atoms with Crippen molar-refractivity contribution in [3.63, 3.8) is 0 Å². The maximum Gasteiger partial charge on any atom is 0.343 e. The number of hydrogen-bond donors (Lipinski definition) is 2. The van der Waals surface area contributed by atoms with E-state index in [0.29, 0.717) is 29.1 Å². The Morgan fingerprint density at radius 2 is 2.04 bits per heavy atom. The lowest BCUT2D eigenvalue weighted by atomic mass is 9.91. The number of rotatable bonds is 5. The zero-order valence-electron chi connectivity index (χ0n) is 16.2. The maximum absolute atomic E-state index is 12.4. The summed E-state index contributed by atoms with van der Waals surface area (Å²) in [5, 5.41) is 14.2. The Bertz CT molecular complexity index is 662. The number of aliphatic hydroxyl groups is 1. The molecule has 1 saturated carbocycles. The highest BCUT2D eigenvalue weighted by molar-refractivity contribution is 6.34. The first-order valence-electron chi connectivity index (χ1n) is 10.0. The van der Waals surface area contributed by atoms with Gasteiger partial charge in [-0.3, -0.25) is 0 Å². The molecule has 0 amide bonds. The summed E-state index contributed by atoms with van der Waals surface area (Å²) >= 11 is 6.35. The fourth-order valence-electron chi connectivity index (χ4n) is 4.10. The van der Waals surface area contributed by atoms with E-state index in [1.54, 1.807) is 13.0 Å². The topological polar surface area (TPSA) is 74.7 Å². The molecule has 0 aromatic carbocycles. The molecular formula is C20H30ClN3O3. The highest BCUT2D eigenvalue weighted by Crippen LogP contribution is 2.30. The highest BCUT2D eigenvalue weighted by Gasteiger charge is 2.30. The van der Waals surface area contributed by atoms with E-state index in [1.165, 1.54) is 6.42 Å². The van der Waals surface area contributed by atoms with Crippen LogP contribution in [0.2, 0.25) is 5.02 Å². The smallest absolute Gasteiger partial charge is 0.343 e. The van der Waals surface area contributed by atoms with Crippen LogP contribution in [0.15, 0.2) is 6.07 Å². The molecule has 27 heavy (non-hydrogen) atoms. The largest absolute Gasteiger partial charge is 0.462 e. The first kappa shape index (κ1) is 20.4. The van der Waals surface area contributed by atoms with Gasteiger partial charge in [0.1, 0.15) is 11.4 Å². The molecule has 1 aliphatic heterocycles. The molecule has 3 rings (SSSR count). The minimum atomic E-state index is -0.421. The van der Waals surface area contributed by atoms with Gasteiger partial charge in [0.05, 0.1) is 17.7 Å². The first-order chi connectivity index (χ1) is 13.0. The van der Waals surface area contributed by atoms with Crippen LogP contribution in [0.3, 0.4) is 0 Å². The summed E-state index contributed by atoms with van der Waals surface area (Å²) in [7, 11) is 0. The lowest BCUT2D eigenvalue weighted by molar-refractivity contribution is 0.0526. The van der Waals surface area contributed by atoms with Gasteiger partial charge in [-0.1, -0.05) is 24.4 Å². The van der Waals surface area contributed by atoms with Crippen molar-refractivity contribution in [2.45, 2.75) is 70.6 Å². The molecule has 2 atom stereocenters. The van der Waals surface area contributed by atoms with Gasteiger partial charge in [-0.25, -0.2) is 9.78 Å². The Kier molecular flexibility index (Phi) is 6.95. The third-order valence-corrected chi connectivity index (χ3v) is 5.83. The molecule has 0 bridgehead atoms. The molecule has 2 fully saturated rings. The van der Waals surface area contributed by atoms with E-state index in [2.05, 4.69) is 15.2 Å². The highest BCUT2D eigenvalue weighted by atomic mass is 35.5. The fraction of sp³-hybridized carbons (Fsp3) is 0.700. The molecule has 150 valence electrons. The molecular weight excluding hydrogens is 366 g/mol. The maximum atomic E-state index is 12.4. The summed E-state index contributed by atoms with van der Waals surface area (Å²) in [6, 6.07) is 2.29. The van der Waals surface area contributed by atoms with Crippen molar-refractivity contribution < 1.29 is 14.6 Å². The molecule has 1 aliphatic carbocycles. The molecule has 2 N–H and O–H groups in total. The van der Waals surface area contributed by atoms with Gasteiger partial charge in [-0.15, -0.1) is 0 Å². The fourth-order valence-corrected chi connectivity index (χ4v) is 4.42. The van der Waals surface area contributed by atoms with Crippen molar-refractivity contribution in [1.29, 1.82) is 0 Å². The average molecular weight is 396 g/mol. The SMILES string of the molecule is CCOC(=O)c1c(Cl)cc(C)nc1N1CCC(NC2CCCC[C@H]2O)CC1. The molecule has 1 aromatic heterocycles. The number of halogens is 1. The summed E-state index contributed by atoms with van der Waals surface area (Å²) in [6.45, 7) is 5.55. The quantitative estimate of drug-likeness (QED) is 0.746. The molecule has 7 heteroatoms. The van der Waals surface area contributed by atoms with Crippen LogP contribution in [-0.4, -0.2) is 53.9 Å². The van der Waals surface area contributed by atoms with Crippen LogP contribution in [0.1, 0.15) is 61.5 Å². The molecule has 1 saturated heterocycles. The molecule has 6 nitrogen and oxygen atoms in total. The van der Waals surface area contributed by atoms with E-state index in [0.717, 1.165) is 50.9 Å². The number of anilines is 1. The number of aliphatic hydroxyl groups excluding tert-OH is 1. The number of piperidine rings is 1. The Balaban J connectivity index is 1.67. The zero-order chi connectivity index (χ0) is 19.4. The molecule has 0 radical (unpaired) electrons. The number of carbonyl (C=O) groups excluding carboxylic acids is 1. The van der Waals surface area contributed by atoms with Gasteiger partial charge in [-0.05, 0) is 45.6 Å². The Labute approximate surface area is 166 Å². The van der Waals surface area contributed by atoms with E-state index in [-0.39, 0.29) is 12.1 Å². The van der Waals surface area contributed by atoms with Crippen molar-refractivity contribution in [3.05, 3.63) is 22.3 Å². The van der Waals surface area contributed by atoms with Gasteiger partial charge in [0.25, 0.3) is 0 Å². The van der Waals surface area contributed by atoms with Gasteiger partial charge in [-0.2, -0.15) is 0 Å². The third-order valence-electron chi connectivity index (χ3n) is 5.53. The van der Waals surface area contributed by atoms with Gasteiger partial charge < -0.3 is 20.1 Å². The second-order valence-electron chi connectivity index (χ2n) is 7.55. The van der Waals surface area contributed by atoms with E-state index < -0.39 is 5.97 Å². The number of nitrogens with zero attached hydrogens (tertiary/aromatic N) is 2. The number of aryl methyl sites for hydroxylation is 1. The molecule has 1 aromatic rings. The standard InChI is InChI=1S/C20H30ClN3O3/c1-3-27-20(26)18-15(21)12-13(2)22-19(18)24-10-8-14(9-11-24)23-16-6-4-5-7-17(16)25/h12,14,16-17,23,25H,3-11H2,1-2H3/t16?,17-/m1/s1. The van der Waals surface area contributed by atoms with Crippen LogP contribution in [0.4, 0.5) is 5.82 Å². The van der Waals surface area contributed by atoms with Crippen molar-refractivity contribution >= 4 is 23.4 Å². The van der Waals surface area contributed by atoms with E-state index >= 15 is 0 Å². The van der Waals surface area contributed by atoms with Gasteiger partial charge in [0.2, 0.25) is 0 Å². The minimum Gasteiger partial charge on any atom is -0.462 e.